The predicted octanol–water partition coefficient (Wildman–Crippen LogP) is 7.08. The molecule has 0 bridgehead atoms. The summed E-state index contributed by atoms with van der Waals surface area (Å²) < 4.78 is 0. The van der Waals surface area contributed by atoms with Crippen LogP contribution in [0.25, 0.3) is 0 Å². The zero-order valence-corrected chi connectivity index (χ0v) is 16.1. The van der Waals surface area contributed by atoms with Crippen molar-refractivity contribution in [3.63, 3.8) is 0 Å². The largest absolute Gasteiger partial charge is 0.481 e. The molecule has 0 heterocycles. The first-order chi connectivity index (χ1) is 11.5. The van der Waals surface area contributed by atoms with Gasteiger partial charge in [0, 0.05) is 11.8 Å². The second-order valence-electron chi connectivity index (χ2n) is 7.18. The Bertz CT molecular complexity index is 389. The molecular weight excluding hydrogens is 296 g/mol. The van der Waals surface area contributed by atoms with Crippen LogP contribution >= 0.6 is 0 Å². The number of aliphatic carboxylic acids is 1. The van der Waals surface area contributed by atoms with Crippen LogP contribution in [0.3, 0.4) is 0 Å². The van der Waals surface area contributed by atoms with Crippen molar-refractivity contribution in [2.75, 3.05) is 0 Å². The van der Waals surface area contributed by atoms with Gasteiger partial charge in [0.2, 0.25) is 0 Å². The molecule has 0 spiro atoms. The first-order valence-corrected chi connectivity index (χ1v) is 9.70. The molecule has 0 aromatic carbocycles. The first kappa shape index (κ1) is 22.7. The summed E-state index contributed by atoms with van der Waals surface area (Å²) in [6.45, 7) is 6.73. The fraction of sp³-hybridized carbons (Fsp3) is 0.682. The lowest BCUT2D eigenvalue weighted by Gasteiger charge is -2.14. The molecule has 0 amide bonds. The van der Waals surface area contributed by atoms with Crippen LogP contribution in [-0.4, -0.2) is 11.1 Å². The van der Waals surface area contributed by atoms with Gasteiger partial charge in [-0.2, -0.15) is 0 Å². The molecule has 1 N–H and O–H groups in total. The van der Waals surface area contributed by atoms with Gasteiger partial charge in [0.1, 0.15) is 0 Å². The summed E-state index contributed by atoms with van der Waals surface area (Å²) in [5, 5.41) is 8.55. The van der Waals surface area contributed by atoms with E-state index in [1.165, 1.54) is 44.9 Å². The van der Waals surface area contributed by atoms with Crippen molar-refractivity contribution in [3.8, 4) is 0 Å². The molecule has 0 rings (SSSR count). The standard InChI is InChI=1S/C22H38O2/c1-4-5-6-7-8-10-13-16-19-22(2,3)20-17-14-11-9-12-15-18-21(23)24/h9,11,16-17,19-20H,4-8,10,12-15,18H2,1-3H3,(H,23,24). The maximum atomic E-state index is 10.4. The van der Waals surface area contributed by atoms with Crippen LogP contribution in [-0.2, 0) is 4.79 Å². The molecular formula is C22H38O2. The maximum absolute atomic E-state index is 10.4. The van der Waals surface area contributed by atoms with Gasteiger partial charge in [0.05, 0.1) is 0 Å². The fourth-order valence-corrected chi connectivity index (χ4v) is 2.52. The quantitative estimate of drug-likeness (QED) is 0.257. The van der Waals surface area contributed by atoms with Gasteiger partial charge in [-0.3, -0.25) is 4.79 Å². The molecule has 0 aliphatic carbocycles. The summed E-state index contributed by atoms with van der Waals surface area (Å²) in [6, 6.07) is 0. The van der Waals surface area contributed by atoms with Gasteiger partial charge in [-0.25, -0.2) is 0 Å². The van der Waals surface area contributed by atoms with Gasteiger partial charge in [0.25, 0.3) is 0 Å². The Morgan fingerprint density at radius 2 is 1.46 bits per heavy atom. The molecule has 2 nitrogen and oxygen atoms in total. The molecule has 0 aromatic heterocycles. The van der Waals surface area contributed by atoms with Crippen molar-refractivity contribution < 1.29 is 9.90 Å². The number of carbonyl (C=O) groups is 1. The topological polar surface area (TPSA) is 37.3 Å². The van der Waals surface area contributed by atoms with Gasteiger partial charge in [0.15, 0.2) is 0 Å². The van der Waals surface area contributed by atoms with Crippen molar-refractivity contribution >= 4 is 5.97 Å². The summed E-state index contributed by atoms with van der Waals surface area (Å²) in [5.74, 6) is -0.710. The minimum atomic E-state index is -0.710. The number of allylic oxidation sites excluding steroid dienone is 6. The zero-order chi connectivity index (χ0) is 18.1. The van der Waals surface area contributed by atoms with E-state index in [0.29, 0.717) is 0 Å². The molecule has 0 fully saturated rings. The predicted molar refractivity (Wildman–Crippen MR) is 105 cm³/mol. The molecule has 2 heteroatoms. The van der Waals surface area contributed by atoms with E-state index >= 15 is 0 Å². The average molecular weight is 335 g/mol. The number of carboxylic acids is 1. The second-order valence-corrected chi connectivity index (χ2v) is 7.18. The van der Waals surface area contributed by atoms with E-state index in [9.17, 15) is 4.79 Å². The minimum absolute atomic E-state index is 0.110. The molecule has 138 valence electrons. The Labute approximate surface area is 149 Å². The first-order valence-electron chi connectivity index (χ1n) is 9.70. The highest BCUT2D eigenvalue weighted by atomic mass is 16.4. The Morgan fingerprint density at radius 3 is 2.17 bits per heavy atom. The molecule has 0 atom stereocenters. The molecule has 24 heavy (non-hydrogen) atoms. The van der Waals surface area contributed by atoms with Gasteiger partial charge in [-0.05, 0) is 32.1 Å². The molecule has 0 aromatic rings. The highest BCUT2D eigenvalue weighted by molar-refractivity contribution is 5.66. The second kappa shape index (κ2) is 15.2. The van der Waals surface area contributed by atoms with E-state index in [0.717, 1.165) is 19.3 Å². The monoisotopic (exact) mass is 334 g/mol. The summed E-state index contributed by atoms with van der Waals surface area (Å²) in [5.41, 5.74) is 0.110. The fourth-order valence-electron chi connectivity index (χ4n) is 2.52. The van der Waals surface area contributed by atoms with Gasteiger partial charge >= 0.3 is 5.97 Å². The molecule has 0 unspecified atom stereocenters. The van der Waals surface area contributed by atoms with Crippen LogP contribution in [0.4, 0.5) is 0 Å². The number of carboxylic acid groups (broad SMARTS) is 1. The van der Waals surface area contributed by atoms with Crippen molar-refractivity contribution in [3.05, 3.63) is 36.5 Å². The molecule has 0 radical (unpaired) electrons. The van der Waals surface area contributed by atoms with Crippen LogP contribution in [0.2, 0.25) is 0 Å². The van der Waals surface area contributed by atoms with Crippen LogP contribution in [0.1, 0.15) is 91.4 Å². The van der Waals surface area contributed by atoms with E-state index in [-0.39, 0.29) is 11.8 Å². The molecule has 0 saturated carbocycles. The maximum Gasteiger partial charge on any atom is 0.303 e. The van der Waals surface area contributed by atoms with Crippen molar-refractivity contribution in [2.24, 2.45) is 5.41 Å². The Morgan fingerprint density at radius 1 is 0.833 bits per heavy atom. The summed E-state index contributed by atoms with van der Waals surface area (Å²) in [7, 11) is 0. The van der Waals surface area contributed by atoms with Crippen LogP contribution < -0.4 is 0 Å². The van der Waals surface area contributed by atoms with Gasteiger partial charge in [-0.15, -0.1) is 0 Å². The number of hydrogen-bond acceptors (Lipinski definition) is 1. The zero-order valence-electron chi connectivity index (χ0n) is 16.1. The summed E-state index contributed by atoms with van der Waals surface area (Å²) in [4.78, 5) is 10.4. The van der Waals surface area contributed by atoms with Crippen molar-refractivity contribution in [2.45, 2.75) is 91.4 Å². The lowest BCUT2D eigenvalue weighted by molar-refractivity contribution is -0.137. The molecule has 0 saturated heterocycles. The SMILES string of the molecule is CCCCCCCCC=CC(C)(C)C=CCC=CCCCC(=O)O. The third-order valence-corrected chi connectivity index (χ3v) is 4.02. The lowest BCUT2D eigenvalue weighted by Crippen LogP contribution is -2.01. The highest BCUT2D eigenvalue weighted by Gasteiger charge is 2.07. The van der Waals surface area contributed by atoms with E-state index in [1.807, 2.05) is 0 Å². The Hall–Kier alpha value is -1.31. The Balaban J connectivity index is 3.76. The Kier molecular flexibility index (Phi) is 14.4. The number of hydrogen-bond donors (Lipinski definition) is 1. The van der Waals surface area contributed by atoms with Gasteiger partial charge < -0.3 is 5.11 Å². The van der Waals surface area contributed by atoms with E-state index in [1.54, 1.807) is 0 Å². The van der Waals surface area contributed by atoms with E-state index < -0.39 is 5.97 Å². The van der Waals surface area contributed by atoms with E-state index in [2.05, 4.69) is 57.2 Å². The lowest BCUT2D eigenvalue weighted by atomic mass is 9.91. The van der Waals surface area contributed by atoms with Gasteiger partial charge in [-0.1, -0.05) is 89.3 Å². The normalized spacial score (nSPS) is 12.8. The summed E-state index contributed by atoms with van der Waals surface area (Å²) in [6.07, 6.45) is 25.3. The smallest absolute Gasteiger partial charge is 0.303 e. The van der Waals surface area contributed by atoms with Crippen LogP contribution in [0.15, 0.2) is 36.5 Å². The molecule has 0 aliphatic rings. The summed E-state index contributed by atoms with van der Waals surface area (Å²) >= 11 is 0. The van der Waals surface area contributed by atoms with Crippen molar-refractivity contribution in [1.29, 1.82) is 0 Å². The third kappa shape index (κ3) is 17.1. The van der Waals surface area contributed by atoms with E-state index in [4.69, 9.17) is 5.11 Å². The third-order valence-electron chi connectivity index (χ3n) is 4.02. The number of rotatable bonds is 15. The van der Waals surface area contributed by atoms with Crippen LogP contribution in [0, 0.1) is 5.41 Å². The van der Waals surface area contributed by atoms with Crippen LogP contribution in [0.5, 0.6) is 0 Å². The average Bonchev–Trinajstić information content (AvgIpc) is 2.52. The highest BCUT2D eigenvalue weighted by Crippen LogP contribution is 2.20. The number of unbranched alkanes of at least 4 members (excludes halogenated alkanes) is 7. The molecule has 0 aliphatic heterocycles. The minimum Gasteiger partial charge on any atom is -0.481 e. The van der Waals surface area contributed by atoms with Crippen molar-refractivity contribution in [1.82, 2.24) is 0 Å².